The van der Waals surface area contributed by atoms with Gasteiger partial charge in [0.25, 0.3) is 0 Å². The van der Waals surface area contributed by atoms with E-state index >= 15 is 0 Å². The Bertz CT molecular complexity index is 842. The van der Waals surface area contributed by atoms with Gasteiger partial charge in [-0.15, -0.1) is 0 Å². The van der Waals surface area contributed by atoms with E-state index in [-0.39, 0.29) is 24.4 Å². The molecule has 3 heterocycles. The van der Waals surface area contributed by atoms with Crippen molar-refractivity contribution in [3.05, 3.63) is 60.8 Å². The molecule has 6 heteroatoms. The molecule has 1 aliphatic carbocycles. The van der Waals surface area contributed by atoms with E-state index in [0.717, 1.165) is 50.5 Å². The monoisotopic (exact) mass is 484 g/mol. The third-order valence-corrected chi connectivity index (χ3v) is 7.25. The first-order valence-electron chi connectivity index (χ1n) is 13.2. The summed E-state index contributed by atoms with van der Waals surface area (Å²) in [5, 5.41) is 21.5. The van der Waals surface area contributed by atoms with Gasteiger partial charge in [-0.25, -0.2) is 4.79 Å². The summed E-state index contributed by atoms with van der Waals surface area (Å²) in [6.45, 7) is 4.15. The van der Waals surface area contributed by atoms with Crippen molar-refractivity contribution < 1.29 is 29.2 Å². The average Bonchev–Trinajstić information content (AvgIpc) is 3.62. The molecule has 0 aromatic carbocycles. The van der Waals surface area contributed by atoms with Gasteiger partial charge in [0.05, 0.1) is 24.4 Å². The fourth-order valence-corrected chi connectivity index (χ4v) is 5.18. The predicted octanol–water partition coefficient (Wildman–Crippen LogP) is 4.48. The Morgan fingerprint density at radius 3 is 2.80 bits per heavy atom. The molecule has 4 rings (SSSR count). The maximum Gasteiger partial charge on any atom is 0.330 e. The molecule has 1 saturated heterocycles. The summed E-state index contributed by atoms with van der Waals surface area (Å²) in [6.07, 6.45) is 20.9. The first kappa shape index (κ1) is 26.1. The van der Waals surface area contributed by atoms with Crippen LogP contribution in [0.4, 0.5) is 0 Å². The molecular formula is C29H40O6. The molecule has 4 aliphatic rings. The number of hydrogen-bond donors (Lipinski definition) is 2. The summed E-state index contributed by atoms with van der Waals surface area (Å²) >= 11 is 0. The van der Waals surface area contributed by atoms with Crippen LogP contribution in [0, 0.1) is 5.92 Å². The van der Waals surface area contributed by atoms with Gasteiger partial charge in [-0.05, 0) is 63.7 Å². The maximum atomic E-state index is 12.6. The van der Waals surface area contributed by atoms with Crippen LogP contribution in [-0.2, 0) is 19.0 Å². The predicted molar refractivity (Wildman–Crippen MR) is 135 cm³/mol. The number of aliphatic hydroxyl groups excluding tert-OH is 2. The number of cyclic esters (lactones) is 1. The number of carbonyl (C=O) groups excluding carboxylic acids is 1. The van der Waals surface area contributed by atoms with Crippen molar-refractivity contribution >= 4 is 5.97 Å². The molecule has 0 radical (unpaired) electrons. The molecule has 2 N–H and O–H groups in total. The third-order valence-electron chi connectivity index (χ3n) is 7.25. The van der Waals surface area contributed by atoms with E-state index in [9.17, 15) is 15.0 Å². The molecule has 3 aliphatic heterocycles. The third kappa shape index (κ3) is 8.28. The fraction of sp³-hybridized carbons (Fsp3) is 0.621. The Kier molecular flexibility index (Phi) is 9.55. The number of esters is 1. The van der Waals surface area contributed by atoms with Crippen molar-refractivity contribution in [3.8, 4) is 0 Å². The van der Waals surface area contributed by atoms with E-state index in [2.05, 4.69) is 24.8 Å². The second-order valence-corrected chi connectivity index (χ2v) is 10.3. The molecular weight excluding hydrogens is 444 g/mol. The highest BCUT2D eigenvalue weighted by Gasteiger charge is 2.46. The largest absolute Gasteiger partial charge is 0.456 e. The summed E-state index contributed by atoms with van der Waals surface area (Å²) < 4.78 is 17.6. The second kappa shape index (κ2) is 12.8. The Labute approximate surface area is 209 Å². The zero-order valence-electron chi connectivity index (χ0n) is 20.5. The maximum absolute atomic E-state index is 12.6. The Morgan fingerprint density at radius 1 is 1.09 bits per heavy atom. The highest BCUT2D eigenvalue weighted by atomic mass is 16.6. The minimum atomic E-state index is -0.949. The Hall–Kier alpha value is -1.99. The smallest absolute Gasteiger partial charge is 0.330 e. The van der Waals surface area contributed by atoms with Gasteiger partial charge >= 0.3 is 5.97 Å². The summed E-state index contributed by atoms with van der Waals surface area (Å²) in [4.78, 5) is 12.6. The number of rotatable bonds is 3. The Morgan fingerprint density at radius 2 is 1.97 bits per heavy atom. The quantitative estimate of drug-likeness (QED) is 0.349. The van der Waals surface area contributed by atoms with E-state index in [1.165, 1.54) is 6.08 Å². The number of aliphatic hydroxyl groups is 2. The molecule has 6 nitrogen and oxygen atoms in total. The Balaban J connectivity index is 1.43. The van der Waals surface area contributed by atoms with Crippen LogP contribution in [0.2, 0.25) is 0 Å². The van der Waals surface area contributed by atoms with Crippen LogP contribution < -0.4 is 0 Å². The summed E-state index contributed by atoms with van der Waals surface area (Å²) in [7, 11) is 0. The lowest BCUT2D eigenvalue weighted by Gasteiger charge is -2.25. The van der Waals surface area contributed by atoms with E-state index < -0.39 is 24.3 Å². The minimum Gasteiger partial charge on any atom is -0.456 e. The molecule has 0 spiro atoms. The zero-order valence-corrected chi connectivity index (χ0v) is 20.5. The topological polar surface area (TPSA) is 88.5 Å². The lowest BCUT2D eigenvalue weighted by Crippen LogP contribution is -2.32. The van der Waals surface area contributed by atoms with E-state index in [1.807, 2.05) is 12.2 Å². The number of carbonyl (C=O) groups is 1. The highest BCUT2D eigenvalue weighted by molar-refractivity contribution is 5.82. The molecule has 0 aromatic heterocycles. The molecule has 1 fully saturated rings. The standard InChI is InChI=1S/C29H40O6/c1-20-8-5-11-22-12-6-13-23(33-22)14-7-15-28(32)34-26(19-27-29(35-27)25(31)18-20)24(30)17-16-21-9-3-2-4-10-21/h3,6-7,9,13,15-17,21-27,29-31H,1-2,4-5,8,10-12,14,18-19H2/b15-7-,17-16+/t21?,22-,23+,24+,25+,26?,27+,29+/m1/s1. The van der Waals surface area contributed by atoms with Crippen LogP contribution in [0.15, 0.2) is 60.8 Å². The summed E-state index contributed by atoms with van der Waals surface area (Å²) in [6, 6.07) is 0. The van der Waals surface area contributed by atoms with Crippen molar-refractivity contribution in [2.45, 2.75) is 107 Å². The number of ether oxygens (including phenoxy) is 3. The first-order valence-corrected chi connectivity index (χ1v) is 13.2. The van der Waals surface area contributed by atoms with Crippen LogP contribution in [0.25, 0.3) is 0 Å². The summed E-state index contributed by atoms with van der Waals surface area (Å²) in [5.74, 6) is -0.207. The van der Waals surface area contributed by atoms with Gasteiger partial charge in [-0.2, -0.15) is 0 Å². The normalized spacial score (nSPS) is 38.7. The lowest BCUT2D eigenvalue weighted by atomic mass is 9.94. The van der Waals surface area contributed by atoms with Gasteiger partial charge < -0.3 is 24.4 Å². The van der Waals surface area contributed by atoms with Gasteiger partial charge in [0.1, 0.15) is 18.3 Å². The number of fused-ring (bicyclic) bond motifs is 3. The zero-order chi connectivity index (χ0) is 24.6. The van der Waals surface area contributed by atoms with Gasteiger partial charge in [0.2, 0.25) is 0 Å². The fourth-order valence-electron chi connectivity index (χ4n) is 5.18. The number of epoxide rings is 1. The number of allylic oxidation sites excluding steroid dienone is 3. The minimum absolute atomic E-state index is 0.0600. The first-order chi connectivity index (χ1) is 17.0. The molecule has 2 unspecified atom stereocenters. The average molecular weight is 485 g/mol. The molecule has 0 saturated carbocycles. The van der Waals surface area contributed by atoms with Crippen molar-refractivity contribution in [2.75, 3.05) is 0 Å². The molecule has 192 valence electrons. The van der Waals surface area contributed by atoms with Gasteiger partial charge in [0.15, 0.2) is 0 Å². The van der Waals surface area contributed by atoms with E-state index in [1.54, 1.807) is 12.2 Å². The molecule has 35 heavy (non-hydrogen) atoms. The van der Waals surface area contributed by atoms with Crippen LogP contribution >= 0.6 is 0 Å². The molecule has 0 amide bonds. The molecule has 0 aromatic rings. The highest BCUT2D eigenvalue weighted by Crippen LogP contribution is 2.34. The van der Waals surface area contributed by atoms with E-state index in [0.29, 0.717) is 25.2 Å². The molecule has 8 atom stereocenters. The lowest BCUT2D eigenvalue weighted by molar-refractivity contribution is -0.148. The van der Waals surface area contributed by atoms with Crippen molar-refractivity contribution in [1.29, 1.82) is 0 Å². The molecule has 2 bridgehead atoms. The van der Waals surface area contributed by atoms with Crippen LogP contribution in [-0.4, -0.2) is 58.9 Å². The summed E-state index contributed by atoms with van der Waals surface area (Å²) in [5.41, 5.74) is 1.00. The van der Waals surface area contributed by atoms with Crippen molar-refractivity contribution in [1.82, 2.24) is 0 Å². The van der Waals surface area contributed by atoms with Crippen LogP contribution in [0.1, 0.15) is 64.2 Å². The number of hydrogen-bond acceptors (Lipinski definition) is 6. The SMILES string of the molecule is C=C1CCC[C@@H]2CC=C[C@@H](C/C=C\C(=O)OC([C@@H](O)/C=C/C3C=CCCC3)C[C@@H]3O[C@H]3[C@@H](O)C1)O2. The van der Waals surface area contributed by atoms with Gasteiger partial charge in [-0.1, -0.05) is 54.7 Å². The van der Waals surface area contributed by atoms with Crippen LogP contribution in [0.3, 0.4) is 0 Å². The van der Waals surface area contributed by atoms with Gasteiger partial charge in [-0.3, -0.25) is 0 Å². The van der Waals surface area contributed by atoms with E-state index in [4.69, 9.17) is 14.2 Å². The van der Waals surface area contributed by atoms with Crippen molar-refractivity contribution in [2.24, 2.45) is 5.92 Å². The van der Waals surface area contributed by atoms with Crippen LogP contribution in [0.5, 0.6) is 0 Å². The van der Waals surface area contributed by atoms with Crippen molar-refractivity contribution in [3.63, 3.8) is 0 Å². The second-order valence-electron chi connectivity index (χ2n) is 10.3. The van der Waals surface area contributed by atoms with Gasteiger partial charge in [0, 0.05) is 12.5 Å².